The lowest BCUT2D eigenvalue weighted by Gasteiger charge is -1.95. The number of carbonyl (C=O) groups is 5. The minimum Gasteiger partial charge on any atom is -0.478 e. The van der Waals surface area contributed by atoms with Crippen LogP contribution in [0.3, 0.4) is 0 Å². The quantitative estimate of drug-likeness (QED) is 0.0764. The van der Waals surface area contributed by atoms with Crippen LogP contribution in [0.15, 0.2) is 76.1 Å². The molecule has 32 nitrogen and oxygen atoms in total. The number of hydrogen-bond donors (Lipinski definition) is 7. The van der Waals surface area contributed by atoms with Crippen LogP contribution in [-0.2, 0) is 25.9 Å². The van der Waals surface area contributed by atoms with Crippen LogP contribution >= 0.6 is 0 Å². The van der Waals surface area contributed by atoms with Gasteiger partial charge in [-0.2, -0.15) is 14.0 Å². The first-order chi connectivity index (χ1) is 29.3. The number of nitrogens with two attached hydrogens (primary N) is 5. The van der Waals surface area contributed by atoms with Gasteiger partial charge in [0.05, 0.1) is 6.33 Å². The molecule has 1 aromatic carbocycles. The second-order valence-corrected chi connectivity index (χ2v) is 11.5. The van der Waals surface area contributed by atoms with E-state index in [4.69, 9.17) is 33.8 Å². The highest BCUT2D eigenvalue weighted by atomic mass is 16.4. The maximum atomic E-state index is 11.4. The largest absolute Gasteiger partial charge is 0.478 e. The van der Waals surface area contributed by atoms with E-state index in [-0.39, 0.29) is 51.0 Å². The third-order valence-corrected chi connectivity index (χ3v) is 7.33. The van der Waals surface area contributed by atoms with Crippen LogP contribution in [-0.4, -0.2) is 123 Å². The Bertz CT molecular complexity index is 2910. The van der Waals surface area contributed by atoms with Gasteiger partial charge in [0.25, 0.3) is 23.6 Å². The summed E-state index contributed by atoms with van der Waals surface area (Å²) >= 11 is 0. The first-order valence-electron chi connectivity index (χ1n) is 16.6. The van der Waals surface area contributed by atoms with E-state index in [1.54, 1.807) is 6.08 Å². The van der Waals surface area contributed by atoms with Crippen molar-refractivity contribution < 1.29 is 34.6 Å². The molecule has 14 N–H and O–H groups in total. The minimum atomic E-state index is -0.922. The molecule has 0 aliphatic heterocycles. The van der Waals surface area contributed by atoms with Crippen LogP contribution in [0, 0.1) is 0 Å². The summed E-state index contributed by atoms with van der Waals surface area (Å²) in [4.78, 5) is 104. The Morgan fingerprint density at radius 1 is 0.603 bits per heavy atom. The van der Waals surface area contributed by atoms with Crippen molar-refractivity contribution in [1.29, 1.82) is 0 Å². The minimum absolute atomic E-state index is 0. The highest BCUT2D eigenvalue weighted by Gasteiger charge is 2.16. The molecule has 0 spiro atoms. The van der Waals surface area contributed by atoms with E-state index < -0.39 is 46.7 Å². The summed E-state index contributed by atoms with van der Waals surface area (Å²) in [5, 5.41) is 29.7. The highest BCUT2D eigenvalue weighted by molar-refractivity contribution is 5.97. The third kappa shape index (κ3) is 11.4. The second kappa shape index (κ2) is 20.7. The van der Waals surface area contributed by atoms with Gasteiger partial charge in [-0.05, 0) is 11.6 Å². The van der Waals surface area contributed by atoms with Gasteiger partial charge in [-0.15, -0.1) is 15.3 Å². The fourth-order valence-corrected chi connectivity index (χ4v) is 4.40. The summed E-state index contributed by atoms with van der Waals surface area (Å²) in [6.07, 6.45) is 7.55. The van der Waals surface area contributed by atoms with Gasteiger partial charge in [0.15, 0.2) is 39.8 Å². The maximum absolute atomic E-state index is 11.4. The number of nitrogens with zero attached hydrogens (tertiary/aromatic N) is 16. The number of anilines is 1. The average molecular weight is 875 g/mol. The number of benzene rings is 1. The summed E-state index contributed by atoms with van der Waals surface area (Å²) < 4.78 is 6.39. The molecule has 7 aromatic heterocycles. The van der Waals surface area contributed by atoms with Crippen molar-refractivity contribution in [3.05, 3.63) is 122 Å². The molecule has 8 aromatic rings. The van der Waals surface area contributed by atoms with Crippen LogP contribution in [0.4, 0.5) is 5.82 Å². The van der Waals surface area contributed by atoms with Crippen molar-refractivity contribution in [2.24, 2.45) is 44.1 Å². The van der Waals surface area contributed by atoms with E-state index in [9.17, 15) is 38.4 Å². The number of imidazole rings is 4. The third-order valence-electron chi connectivity index (χ3n) is 7.33. The zero-order chi connectivity index (χ0) is 45.8. The molecule has 0 atom stereocenters. The van der Waals surface area contributed by atoms with Crippen molar-refractivity contribution in [2.75, 3.05) is 5.73 Å². The number of aromatic amines is 1. The van der Waals surface area contributed by atoms with Crippen molar-refractivity contribution in [3.63, 3.8) is 0 Å². The number of nitrogen functional groups attached to an aromatic ring is 1. The number of aliphatic carboxylic acids is 1. The van der Waals surface area contributed by atoms with Crippen molar-refractivity contribution in [2.45, 2.75) is 0 Å². The molecule has 328 valence electrons. The van der Waals surface area contributed by atoms with Gasteiger partial charge in [0.1, 0.15) is 24.7 Å². The zero-order valence-corrected chi connectivity index (χ0v) is 32.6. The van der Waals surface area contributed by atoms with Crippen molar-refractivity contribution in [1.82, 2.24) is 83.1 Å². The number of rotatable bonds is 6. The van der Waals surface area contributed by atoms with Crippen LogP contribution in [0.25, 0.3) is 23.0 Å². The van der Waals surface area contributed by atoms with Gasteiger partial charge in [0, 0.05) is 27.2 Å². The lowest BCUT2D eigenvalue weighted by Crippen LogP contribution is -2.27. The number of primary amides is 4. The Labute approximate surface area is 347 Å². The van der Waals surface area contributed by atoms with Crippen LogP contribution in [0.1, 0.15) is 47.5 Å². The summed E-state index contributed by atoms with van der Waals surface area (Å²) in [7, 11) is 4.33. The Morgan fingerprint density at radius 3 is 1.24 bits per heavy atom. The number of hydrogen-bond acceptors (Lipinski definition) is 19. The van der Waals surface area contributed by atoms with Crippen molar-refractivity contribution >= 4 is 58.4 Å². The van der Waals surface area contributed by atoms with Gasteiger partial charge in [-0.25, -0.2) is 52.3 Å². The van der Waals surface area contributed by atoms with E-state index in [1.165, 1.54) is 46.5 Å². The van der Waals surface area contributed by atoms with E-state index in [0.717, 1.165) is 38.9 Å². The Kier molecular flexibility index (Phi) is 15.6. The number of carboxylic acid groups (broad SMARTS) is 1. The fraction of sp³-hybridized carbons (Fsp3) is 0.0968. The van der Waals surface area contributed by atoms with Crippen molar-refractivity contribution in [3.8, 4) is 0 Å². The number of aromatic nitrogens is 17. The predicted octanol–water partition coefficient (Wildman–Crippen LogP) is -6.18. The molecule has 0 bridgehead atoms. The van der Waals surface area contributed by atoms with Crippen LogP contribution in [0.5, 0.6) is 0 Å². The normalized spacial score (nSPS) is 10.2. The molecule has 4 amide bonds. The highest BCUT2D eigenvalue weighted by Crippen LogP contribution is 2.03. The van der Waals surface area contributed by atoms with Gasteiger partial charge in [0.2, 0.25) is 0 Å². The lowest BCUT2D eigenvalue weighted by atomic mass is 10.2. The molecule has 0 saturated carbocycles. The van der Waals surface area contributed by atoms with Gasteiger partial charge >= 0.3 is 23.0 Å². The topological polar surface area (TPSA) is 491 Å². The predicted molar refractivity (Wildman–Crippen MR) is 212 cm³/mol. The summed E-state index contributed by atoms with van der Waals surface area (Å²) in [6.45, 7) is 0. The number of carboxylic acids is 1. The number of amides is 4. The molecule has 8 rings (SSSR count). The lowest BCUT2D eigenvalue weighted by molar-refractivity contribution is -0.131. The zero-order valence-electron chi connectivity index (χ0n) is 32.6. The van der Waals surface area contributed by atoms with E-state index in [0.29, 0.717) is 0 Å². The molecular weight excluding hydrogens is 840 g/mol. The fourth-order valence-electron chi connectivity index (χ4n) is 4.40. The molecule has 0 aliphatic rings. The average Bonchev–Trinajstić information content (AvgIpc) is 4.06. The molecule has 0 saturated heterocycles. The maximum Gasteiger partial charge on any atom is 0.352 e. The smallest absolute Gasteiger partial charge is 0.352 e. The number of fused-ring (bicyclic) bond motifs is 3. The summed E-state index contributed by atoms with van der Waals surface area (Å²) in [6, 6.07) is 9.31. The monoisotopic (exact) mass is 874 g/mol. The van der Waals surface area contributed by atoms with Crippen LogP contribution in [0.2, 0.25) is 0 Å². The summed E-state index contributed by atoms with van der Waals surface area (Å²) in [5.74, 6) is -3.60. The first kappa shape index (κ1) is 47.5. The standard InChI is InChI=1S/C9H8O2.3C6H6N6O2.C4H6N4O.H2O/c10-9(11)7-6-8-4-2-1-3-5-8;3*1-11-6(14)12-2-8-3(4(7)13)5(12)9-10-11;5-3-2(4(6)9)7-1-8-3;/h1-7H,(H,10,11);3*2H,1H3,(H2,7,13);1H,5H2,(H2,6,9)(H,7,8);1H2/b7-6+;;;;;. The molecule has 7 heterocycles. The number of H-pyrrole nitrogens is 1. The molecule has 0 unspecified atom stereocenters. The first-order valence-corrected chi connectivity index (χ1v) is 16.6. The number of nitrogens with one attached hydrogen (secondary N) is 1. The molecule has 32 heteroatoms. The van der Waals surface area contributed by atoms with E-state index in [2.05, 4.69) is 55.9 Å². The van der Waals surface area contributed by atoms with Crippen LogP contribution < -0.4 is 45.7 Å². The number of aryl methyl sites for hydroxylation is 3. The second-order valence-electron chi connectivity index (χ2n) is 11.5. The Morgan fingerprint density at radius 2 is 0.968 bits per heavy atom. The summed E-state index contributed by atoms with van der Waals surface area (Å²) in [5.41, 5.74) is 24.9. The molecular formula is C31H34N22O10. The van der Waals surface area contributed by atoms with Gasteiger partial charge in [-0.1, -0.05) is 46.0 Å². The molecule has 0 aliphatic carbocycles. The Hall–Kier alpha value is -9.88. The SMILES string of the molecule is Cn1nnc2c(C(N)=O)ncn2c1=O.Cn1nnc2c(C(N)=O)ncn2c1=O.Cn1nnc2c(C(N)=O)ncn2c1=O.NC(=O)c1[nH]cnc1N.O.O=C(O)/C=C/c1ccccc1. The van der Waals surface area contributed by atoms with E-state index >= 15 is 0 Å². The molecule has 63 heavy (non-hydrogen) atoms. The van der Waals surface area contributed by atoms with E-state index in [1.807, 2.05) is 30.3 Å². The van der Waals surface area contributed by atoms with Gasteiger partial charge in [-0.3, -0.25) is 19.2 Å². The molecule has 0 fully saturated rings. The Balaban J connectivity index is 0.000000211. The number of carbonyl (C=O) groups excluding carboxylic acids is 4. The van der Waals surface area contributed by atoms with Gasteiger partial charge < -0.3 is 44.2 Å². The molecule has 0 radical (unpaired) electrons.